The minimum atomic E-state index is -0.308. The summed E-state index contributed by atoms with van der Waals surface area (Å²) in [7, 11) is 0. The molecule has 0 saturated carbocycles. The molecule has 2 atom stereocenters. The van der Waals surface area contributed by atoms with Crippen LogP contribution < -0.4 is 5.73 Å². The van der Waals surface area contributed by atoms with Gasteiger partial charge in [0.1, 0.15) is 0 Å². The monoisotopic (exact) mass is 333 g/mol. The van der Waals surface area contributed by atoms with Crippen LogP contribution in [0.15, 0.2) is 41.4 Å². The van der Waals surface area contributed by atoms with E-state index in [-0.39, 0.29) is 17.9 Å². The van der Waals surface area contributed by atoms with E-state index in [2.05, 4.69) is 30.3 Å². The fourth-order valence-electron chi connectivity index (χ4n) is 2.60. The molecule has 1 aromatic carbocycles. The van der Waals surface area contributed by atoms with Gasteiger partial charge in [-0.1, -0.05) is 48.9 Å². The van der Waals surface area contributed by atoms with Crippen molar-refractivity contribution < 1.29 is 9.53 Å². The second-order valence-electron chi connectivity index (χ2n) is 5.89. The summed E-state index contributed by atoms with van der Waals surface area (Å²) in [6.45, 7) is 4.00. The Balaban J connectivity index is 2.00. The highest BCUT2D eigenvalue weighted by Gasteiger charge is 2.22. The van der Waals surface area contributed by atoms with E-state index in [1.54, 1.807) is 6.92 Å². The number of hydrogen-bond acceptors (Lipinski definition) is 3. The Morgan fingerprint density at radius 3 is 2.65 bits per heavy atom. The van der Waals surface area contributed by atoms with Crippen molar-refractivity contribution in [2.45, 2.75) is 39.2 Å². The fraction of sp³-hybridized carbons (Fsp3) is 0.421. The lowest BCUT2D eigenvalue weighted by atomic mass is 9.93. The maximum atomic E-state index is 11.7. The van der Waals surface area contributed by atoms with E-state index in [1.165, 1.54) is 0 Å². The number of esters is 1. The first kappa shape index (κ1) is 17.8. The molecule has 0 spiro atoms. The lowest BCUT2D eigenvalue weighted by Crippen LogP contribution is -2.36. The summed E-state index contributed by atoms with van der Waals surface area (Å²) < 4.78 is 5.03. The van der Waals surface area contributed by atoms with E-state index in [0.29, 0.717) is 13.0 Å². The Morgan fingerprint density at radius 2 is 2.04 bits per heavy atom. The minimum absolute atomic E-state index is 0.233. The Morgan fingerprint density at radius 1 is 1.35 bits per heavy atom. The predicted octanol–water partition coefficient (Wildman–Crippen LogP) is 4.06. The number of rotatable bonds is 6. The van der Waals surface area contributed by atoms with Crippen molar-refractivity contribution in [2.75, 3.05) is 6.61 Å². The zero-order chi connectivity index (χ0) is 16.8. The van der Waals surface area contributed by atoms with Crippen LogP contribution in [0, 0.1) is 5.92 Å². The molecule has 124 valence electrons. The number of allylic oxidation sites excluding steroid dienone is 4. The number of carbonyl (C=O) groups is 1. The molecular weight excluding hydrogens is 310 g/mol. The SMILES string of the molecule is CCOC(=O)C(C)C(N)Cc1ccc(C2=CCCC(Cl)=C2)cc1. The molecular formula is C19H24ClNO2. The van der Waals surface area contributed by atoms with Gasteiger partial charge in [0, 0.05) is 11.1 Å². The van der Waals surface area contributed by atoms with Crippen LogP contribution in [0.1, 0.15) is 37.8 Å². The van der Waals surface area contributed by atoms with Crippen molar-refractivity contribution in [3.05, 3.63) is 52.6 Å². The van der Waals surface area contributed by atoms with Gasteiger partial charge in [-0.15, -0.1) is 0 Å². The Kier molecular flexibility index (Phi) is 6.43. The highest BCUT2D eigenvalue weighted by Crippen LogP contribution is 2.27. The average molecular weight is 334 g/mol. The van der Waals surface area contributed by atoms with Gasteiger partial charge in [0.05, 0.1) is 12.5 Å². The van der Waals surface area contributed by atoms with Crippen molar-refractivity contribution in [1.29, 1.82) is 0 Å². The summed E-state index contributed by atoms with van der Waals surface area (Å²) in [4.78, 5) is 11.7. The molecule has 1 aliphatic carbocycles. The molecule has 2 N–H and O–H groups in total. The molecule has 0 heterocycles. The largest absolute Gasteiger partial charge is 0.466 e. The van der Waals surface area contributed by atoms with Crippen molar-refractivity contribution in [3.8, 4) is 0 Å². The first-order valence-corrected chi connectivity index (χ1v) is 8.46. The summed E-state index contributed by atoms with van der Waals surface area (Å²) in [6.07, 6.45) is 6.78. The molecule has 1 aliphatic rings. The van der Waals surface area contributed by atoms with Crippen molar-refractivity contribution in [2.24, 2.45) is 11.7 Å². The first-order valence-electron chi connectivity index (χ1n) is 8.09. The van der Waals surface area contributed by atoms with E-state index >= 15 is 0 Å². The molecule has 0 saturated heterocycles. The van der Waals surface area contributed by atoms with Gasteiger partial charge in [-0.3, -0.25) is 4.79 Å². The van der Waals surface area contributed by atoms with Crippen molar-refractivity contribution >= 4 is 23.1 Å². The van der Waals surface area contributed by atoms with E-state index in [4.69, 9.17) is 22.1 Å². The third-order valence-electron chi connectivity index (χ3n) is 4.12. The molecule has 0 aliphatic heterocycles. The molecule has 3 nitrogen and oxygen atoms in total. The summed E-state index contributed by atoms with van der Waals surface area (Å²) in [5.74, 6) is -0.541. The molecule has 0 aromatic heterocycles. The van der Waals surface area contributed by atoms with Gasteiger partial charge in [-0.25, -0.2) is 0 Å². The lowest BCUT2D eigenvalue weighted by molar-refractivity contribution is -0.148. The van der Waals surface area contributed by atoms with E-state index < -0.39 is 0 Å². The van der Waals surface area contributed by atoms with Gasteiger partial charge in [0.25, 0.3) is 0 Å². The maximum absolute atomic E-state index is 11.7. The van der Waals surface area contributed by atoms with Crippen LogP contribution in [0.3, 0.4) is 0 Å². The van der Waals surface area contributed by atoms with E-state index in [0.717, 1.165) is 34.6 Å². The molecule has 0 fully saturated rings. The second-order valence-corrected chi connectivity index (χ2v) is 6.38. The third-order valence-corrected chi connectivity index (χ3v) is 4.42. The van der Waals surface area contributed by atoms with Gasteiger partial charge in [0.2, 0.25) is 0 Å². The van der Waals surface area contributed by atoms with Gasteiger partial charge in [-0.05, 0) is 49.0 Å². The molecule has 2 unspecified atom stereocenters. The van der Waals surface area contributed by atoms with Crippen LogP contribution in [-0.4, -0.2) is 18.6 Å². The summed E-state index contributed by atoms with van der Waals surface area (Å²) in [5, 5.41) is 0.900. The molecule has 0 bridgehead atoms. The smallest absolute Gasteiger partial charge is 0.310 e. The zero-order valence-corrected chi connectivity index (χ0v) is 14.5. The quantitative estimate of drug-likeness (QED) is 0.799. The number of nitrogens with two attached hydrogens (primary N) is 1. The van der Waals surface area contributed by atoms with Gasteiger partial charge in [-0.2, -0.15) is 0 Å². The topological polar surface area (TPSA) is 52.3 Å². The molecule has 2 rings (SSSR count). The second kappa shape index (κ2) is 8.32. The van der Waals surface area contributed by atoms with Crippen LogP contribution in [0.4, 0.5) is 0 Å². The normalized spacial score (nSPS) is 17.0. The standard InChI is InChI=1S/C19H24ClNO2/c1-3-23-19(22)13(2)18(21)11-14-7-9-15(10-8-14)16-5-4-6-17(20)12-16/h5,7-10,12-13,18H,3-4,6,11,21H2,1-2H3. The predicted molar refractivity (Wildman–Crippen MR) is 95.1 cm³/mol. The van der Waals surface area contributed by atoms with Gasteiger partial charge < -0.3 is 10.5 Å². The van der Waals surface area contributed by atoms with Crippen LogP contribution in [-0.2, 0) is 16.0 Å². The number of benzene rings is 1. The zero-order valence-electron chi connectivity index (χ0n) is 13.7. The van der Waals surface area contributed by atoms with Gasteiger partial charge in [0.15, 0.2) is 0 Å². The minimum Gasteiger partial charge on any atom is -0.466 e. The van der Waals surface area contributed by atoms with Crippen LogP contribution in [0.5, 0.6) is 0 Å². The number of halogens is 1. The Hall–Kier alpha value is -1.58. The summed E-state index contributed by atoms with van der Waals surface area (Å²) in [6, 6.07) is 8.03. The summed E-state index contributed by atoms with van der Waals surface area (Å²) >= 11 is 6.11. The molecule has 23 heavy (non-hydrogen) atoms. The molecule has 0 amide bonds. The highest BCUT2D eigenvalue weighted by atomic mass is 35.5. The Labute approximate surface area is 143 Å². The Bertz CT molecular complexity index is 604. The fourth-order valence-corrected chi connectivity index (χ4v) is 2.82. The van der Waals surface area contributed by atoms with Crippen LogP contribution >= 0.6 is 11.6 Å². The van der Waals surface area contributed by atoms with E-state index in [1.807, 2.05) is 13.0 Å². The third kappa shape index (κ3) is 4.95. The number of ether oxygens (including phenoxy) is 1. The summed E-state index contributed by atoms with van der Waals surface area (Å²) in [5.41, 5.74) is 9.57. The number of hydrogen-bond donors (Lipinski definition) is 1. The average Bonchev–Trinajstić information content (AvgIpc) is 2.55. The van der Waals surface area contributed by atoms with Crippen molar-refractivity contribution in [3.63, 3.8) is 0 Å². The molecule has 0 radical (unpaired) electrons. The molecule has 4 heteroatoms. The first-order chi connectivity index (χ1) is 11.0. The lowest BCUT2D eigenvalue weighted by Gasteiger charge is -2.18. The van der Waals surface area contributed by atoms with E-state index in [9.17, 15) is 4.79 Å². The highest BCUT2D eigenvalue weighted by molar-refractivity contribution is 6.30. The van der Waals surface area contributed by atoms with Gasteiger partial charge >= 0.3 is 5.97 Å². The van der Waals surface area contributed by atoms with Crippen LogP contribution in [0.25, 0.3) is 5.57 Å². The van der Waals surface area contributed by atoms with Crippen molar-refractivity contribution in [1.82, 2.24) is 0 Å². The molecule has 1 aromatic rings. The van der Waals surface area contributed by atoms with Crippen LogP contribution in [0.2, 0.25) is 0 Å². The number of carbonyl (C=O) groups excluding carboxylic acids is 1. The maximum Gasteiger partial charge on any atom is 0.310 e.